The molecule has 3 aliphatic rings. The van der Waals surface area contributed by atoms with E-state index in [4.69, 9.17) is 4.74 Å². The summed E-state index contributed by atoms with van der Waals surface area (Å²) in [7, 11) is 0. The molecule has 184 valence electrons. The highest BCUT2D eigenvalue weighted by Crippen LogP contribution is 2.46. The molecule has 4 rings (SSSR count). The van der Waals surface area contributed by atoms with Gasteiger partial charge in [0.15, 0.2) is 0 Å². The van der Waals surface area contributed by atoms with Crippen LogP contribution in [-0.2, 0) is 25.7 Å². The summed E-state index contributed by atoms with van der Waals surface area (Å²) >= 11 is 3.95. The average Bonchev–Trinajstić information content (AvgIpc) is 3.41. The van der Waals surface area contributed by atoms with E-state index in [9.17, 15) is 19.2 Å². The summed E-state index contributed by atoms with van der Waals surface area (Å²) < 4.78 is 5.57. The fourth-order valence-electron chi connectivity index (χ4n) is 5.59. The SMILES string of the molecule is O=C1NCC[C@H]1C[C@H](NC(=O)[C@@H]1CC2(CCCCC2)CN1C(=O)OCc1ccccc1)C(=O)S. The van der Waals surface area contributed by atoms with E-state index in [1.165, 1.54) is 4.90 Å². The van der Waals surface area contributed by atoms with Crippen LogP contribution in [0.25, 0.3) is 0 Å². The maximum atomic E-state index is 13.4. The predicted molar refractivity (Wildman–Crippen MR) is 129 cm³/mol. The Morgan fingerprint density at radius 2 is 1.91 bits per heavy atom. The first-order valence-electron chi connectivity index (χ1n) is 12.2. The molecule has 0 bridgehead atoms. The van der Waals surface area contributed by atoms with Crippen LogP contribution < -0.4 is 10.6 Å². The van der Waals surface area contributed by atoms with Crippen molar-refractivity contribution in [1.29, 1.82) is 0 Å². The Labute approximate surface area is 205 Å². The molecule has 0 radical (unpaired) electrons. The standard InChI is InChI=1S/C25H33N3O5S/c29-21-18(9-12-26-21)13-19(23(31)34)27-22(30)20-14-25(10-5-2-6-11-25)16-28(20)24(32)33-15-17-7-3-1-4-8-17/h1,3-4,7-8,18-20H,2,5-6,9-16H2,(H,26,29)(H,27,30)(H,31,34)/t18-,19-,20-/m0/s1. The van der Waals surface area contributed by atoms with Crippen molar-refractivity contribution in [3.8, 4) is 0 Å². The van der Waals surface area contributed by atoms with Crippen molar-refractivity contribution in [2.24, 2.45) is 11.3 Å². The van der Waals surface area contributed by atoms with E-state index in [-0.39, 0.29) is 36.2 Å². The fraction of sp³-hybridized carbons (Fsp3) is 0.600. The van der Waals surface area contributed by atoms with Crippen LogP contribution in [0.1, 0.15) is 56.9 Å². The van der Waals surface area contributed by atoms with Crippen molar-refractivity contribution in [2.75, 3.05) is 13.1 Å². The van der Waals surface area contributed by atoms with Gasteiger partial charge in [0.25, 0.3) is 0 Å². The highest BCUT2D eigenvalue weighted by atomic mass is 32.1. The smallest absolute Gasteiger partial charge is 0.410 e. The molecule has 2 heterocycles. The Morgan fingerprint density at radius 1 is 1.18 bits per heavy atom. The molecule has 0 aromatic heterocycles. The number of nitrogens with zero attached hydrogens (tertiary/aromatic N) is 1. The first-order valence-corrected chi connectivity index (χ1v) is 12.6. The third-order valence-electron chi connectivity index (χ3n) is 7.46. The summed E-state index contributed by atoms with van der Waals surface area (Å²) in [6.07, 6.45) is 6.12. The van der Waals surface area contributed by atoms with Gasteiger partial charge in [-0.2, -0.15) is 0 Å². The molecule has 1 aromatic rings. The molecule has 1 aliphatic carbocycles. The molecule has 34 heavy (non-hydrogen) atoms. The van der Waals surface area contributed by atoms with Gasteiger partial charge in [0.05, 0.1) is 6.04 Å². The van der Waals surface area contributed by atoms with E-state index in [2.05, 4.69) is 23.3 Å². The van der Waals surface area contributed by atoms with Gasteiger partial charge in [-0.1, -0.05) is 49.6 Å². The molecular weight excluding hydrogens is 454 g/mol. The van der Waals surface area contributed by atoms with Gasteiger partial charge in [-0.3, -0.25) is 19.3 Å². The third kappa shape index (κ3) is 5.74. The maximum Gasteiger partial charge on any atom is 0.410 e. The first kappa shape index (κ1) is 24.6. The molecule has 1 spiro atoms. The van der Waals surface area contributed by atoms with Crippen LogP contribution in [0.3, 0.4) is 0 Å². The van der Waals surface area contributed by atoms with Gasteiger partial charge >= 0.3 is 6.09 Å². The minimum absolute atomic E-state index is 0.0994. The lowest BCUT2D eigenvalue weighted by molar-refractivity contribution is -0.129. The minimum atomic E-state index is -0.880. The van der Waals surface area contributed by atoms with Crippen molar-refractivity contribution in [3.05, 3.63) is 35.9 Å². The molecule has 1 saturated carbocycles. The zero-order chi connectivity index (χ0) is 24.1. The van der Waals surface area contributed by atoms with Crippen LogP contribution in [0.5, 0.6) is 0 Å². The second-order valence-electron chi connectivity index (χ2n) is 9.86. The van der Waals surface area contributed by atoms with Crippen LogP contribution in [0.2, 0.25) is 0 Å². The van der Waals surface area contributed by atoms with E-state index in [1.54, 1.807) is 0 Å². The fourth-order valence-corrected chi connectivity index (χ4v) is 5.76. The van der Waals surface area contributed by atoms with Gasteiger partial charge in [-0.15, -0.1) is 12.6 Å². The van der Waals surface area contributed by atoms with Crippen LogP contribution in [-0.4, -0.2) is 53.1 Å². The van der Waals surface area contributed by atoms with E-state index in [1.807, 2.05) is 30.3 Å². The quantitative estimate of drug-likeness (QED) is 0.513. The van der Waals surface area contributed by atoms with Gasteiger partial charge in [-0.05, 0) is 43.1 Å². The normalized spacial score (nSPS) is 24.5. The van der Waals surface area contributed by atoms with Crippen LogP contribution >= 0.6 is 12.6 Å². The summed E-state index contributed by atoms with van der Waals surface area (Å²) in [5, 5.41) is 5.06. The summed E-state index contributed by atoms with van der Waals surface area (Å²) in [6.45, 7) is 1.17. The maximum absolute atomic E-state index is 13.4. The largest absolute Gasteiger partial charge is 0.445 e. The third-order valence-corrected chi connectivity index (χ3v) is 7.77. The highest BCUT2D eigenvalue weighted by molar-refractivity contribution is 7.96. The van der Waals surface area contributed by atoms with Crippen molar-refractivity contribution in [3.63, 3.8) is 0 Å². The van der Waals surface area contributed by atoms with Crippen LogP contribution in [0.15, 0.2) is 30.3 Å². The van der Waals surface area contributed by atoms with Crippen LogP contribution in [0.4, 0.5) is 4.79 Å². The molecule has 0 unspecified atom stereocenters. The number of amides is 3. The van der Waals surface area contributed by atoms with Crippen molar-refractivity contribution < 1.29 is 23.9 Å². The molecule has 1 aromatic carbocycles. The van der Waals surface area contributed by atoms with Gasteiger partial charge in [0.2, 0.25) is 16.9 Å². The number of hydrogen-bond donors (Lipinski definition) is 3. The highest BCUT2D eigenvalue weighted by Gasteiger charge is 2.50. The van der Waals surface area contributed by atoms with Crippen molar-refractivity contribution >= 4 is 35.7 Å². The molecule has 3 atom stereocenters. The Balaban J connectivity index is 1.46. The summed E-state index contributed by atoms with van der Waals surface area (Å²) in [6, 6.07) is 7.83. The van der Waals surface area contributed by atoms with E-state index in [0.717, 1.165) is 37.7 Å². The van der Waals surface area contributed by atoms with Crippen LogP contribution in [0, 0.1) is 11.3 Å². The molecule has 2 aliphatic heterocycles. The molecule has 3 amide bonds. The molecule has 3 fully saturated rings. The second kappa shape index (κ2) is 10.8. The summed E-state index contributed by atoms with van der Waals surface area (Å²) in [5.74, 6) is -0.825. The topological polar surface area (TPSA) is 105 Å². The van der Waals surface area contributed by atoms with E-state index >= 15 is 0 Å². The van der Waals surface area contributed by atoms with Gasteiger partial charge in [0.1, 0.15) is 12.6 Å². The Hall–Kier alpha value is -2.55. The lowest BCUT2D eigenvalue weighted by Gasteiger charge is -2.32. The zero-order valence-electron chi connectivity index (χ0n) is 19.3. The molecule has 9 heteroatoms. The number of hydrogen-bond acceptors (Lipinski definition) is 5. The number of ether oxygens (including phenoxy) is 1. The number of rotatable bonds is 7. The second-order valence-corrected chi connectivity index (χ2v) is 10.3. The van der Waals surface area contributed by atoms with Crippen molar-refractivity contribution in [1.82, 2.24) is 15.5 Å². The van der Waals surface area contributed by atoms with E-state index < -0.39 is 23.3 Å². The number of nitrogens with one attached hydrogen (secondary N) is 2. The number of likely N-dealkylation sites (tertiary alicyclic amines) is 1. The number of carbonyl (C=O) groups excluding carboxylic acids is 4. The lowest BCUT2D eigenvalue weighted by atomic mass is 9.72. The number of carbonyl (C=O) groups is 4. The van der Waals surface area contributed by atoms with Gasteiger partial charge < -0.3 is 15.4 Å². The number of thiol groups is 1. The zero-order valence-corrected chi connectivity index (χ0v) is 20.2. The Bertz CT molecular complexity index is 918. The van der Waals surface area contributed by atoms with Gasteiger partial charge in [-0.25, -0.2) is 4.79 Å². The molecular formula is C25H33N3O5S. The predicted octanol–water partition coefficient (Wildman–Crippen LogP) is 2.82. The Morgan fingerprint density at radius 3 is 2.56 bits per heavy atom. The summed E-state index contributed by atoms with van der Waals surface area (Å²) in [4.78, 5) is 52.2. The Kier molecular flexibility index (Phi) is 7.80. The summed E-state index contributed by atoms with van der Waals surface area (Å²) in [5.41, 5.74) is 0.775. The van der Waals surface area contributed by atoms with E-state index in [0.29, 0.717) is 25.9 Å². The van der Waals surface area contributed by atoms with Crippen molar-refractivity contribution in [2.45, 2.75) is 70.1 Å². The lowest BCUT2D eigenvalue weighted by Crippen LogP contribution is -2.51. The average molecular weight is 488 g/mol. The molecule has 2 N–H and O–H groups in total. The molecule has 2 saturated heterocycles. The van der Waals surface area contributed by atoms with Gasteiger partial charge in [0, 0.05) is 19.0 Å². The minimum Gasteiger partial charge on any atom is -0.445 e. The number of benzene rings is 1. The first-order chi connectivity index (χ1) is 16.4. The molecule has 8 nitrogen and oxygen atoms in total. The monoisotopic (exact) mass is 487 g/mol.